The lowest BCUT2D eigenvalue weighted by molar-refractivity contribution is -0.114. The van der Waals surface area contributed by atoms with E-state index in [1.165, 1.54) is 0 Å². The van der Waals surface area contributed by atoms with Crippen LogP contribution in [0.25, 0.3) is 11.0 Å². The van der Waals surface area contributed by atoms with Crippen LogP contribution in [-0.2, 0) is 4.79 Å². The van der Waals surface area contributed by atoms with Gasteiger partial charge in [-0.25, -0.2) is 0 Å². The lowest BCUT2D eigenvalue weighted by Crippen LogP contribution is -2.34. The highest BCUT2D eigenvalue weighted by Crippen LogP contribution is 2.44. The highest BCUT2D eigenvalue weighted by atomic mass is 16.5. The van der Waals surface area contributed by atoms with Crippen LogP contribution in [0.3, 0.4) is 0 Å². The molecule has 0 amide bonds. The van der Waals surface area contributed by atoms with Gasteiger partial charge in [0.2, 0.25) is 0 Å². The Morgan fingerprint density at radius 3 is 3.12 bits per heavy atom. The van der Waals surface area contributed by atoms with Gasteiger partial charge in [-0.05, 0) is 6.07 Å². The third-order valence-corrected chi connectivity index (χ3v) is 3.15. The maximum Gasteiger partial charge on any atom is 0.191 e. The fourth-order valence-electron chi connectivity index (χ4n) is 2.07. The number of hydrogen-bond acceptors (Lipinski definition) is 5. The summed E-state index contributed by atoms with van der Waals surface area (Å²) < 4.78 is 10.8. The van der Waals surface area contributed by atoms with E-state index in [2.05, 4.69) is 10.5 Å². The smallest absolute Gasteiger partial charge is 0.191 e. The molecule has 2 heterocycles. The first kappa shape index (κ1) is 8.15. The number of ether oxygens (including phenoxy) is 1. The topological polar surface area (TPSA) is 64.4 Å². The second kappa shape index (κ2) is 2.37. The van der Waals surface area contributed by atoms with Crippen LogP contribution in [0, 0.1) is 0 Å². The molecule has 1 atom stereocenters. The molecule has 5 heteroatoms. The predicted octanol–water partition coefficient (Wildman–Crippen LogP) is 1.34. The van der Waals surface area contributed by atoms with Gasteiger partial charge in [0, 0.05) is 11.5 Å². The molecular weight excluding hydrogens is 208 g/mol. The quantitative estimate of drug-likeness (QED) is 0.720. The zero-order valence-corrected chi connectivity index (χ0v) is 8.32. The highest BCUT2D eigenvalue weighted by Gasteiger charge is 2.58. The number of Topliss-reactive ketones (excluding diaryl/α,β-unsaturated/α-hetero) is 1. The molecule has 5 nitrogen and oxygen atoms in total. The van der Waals surface area contributed by atoms with Crippen molar-refractivity contribution in [3.63, 3.8) is 0 Å². The molecule has 1 unspecified atom stereocenters. The van der Waals surface area contributed by atoms with E-state index in [-0.39, 0.29) is 5.78 Å². The Balaban J connectivity index is 1.87. The summed E-state index contributed by atoms with van der Waals surface area (Å²) in [6, 6.07) is 3.69. The number of ketones is 1. The van der Waals surface area contributed by atoms with Gasteiger partial charge in [0.15, 0.2) is 17.0 Å². The standard InChI is InChI=1S/C11H8N2O3/c14-10-3-11(10)5-12-7-2-8-6(4-13-16-8)1-9(7)15-11/h1-2,4,12H,3,5H2. The van der Waals surface area contributed by atoms with Crippen LogP contribution in [0.5, 0.6) is 5.75 Å². The number of hydrogen-bond donors (Lipinski definition) is 1. The van der Waals surface area contributed by atoms with Crippen LogP contribution < -0.4 is 10.1 Å². The third kappa shape index (κ3) is 0.900. The number of anilines is 1. The van der Waals surface area contributed by atoms with Crippen molar-refractivity contribution >= 4 is 22.4 Å². The van der Waals surface area contributed by atoms with E-state index in [9.17, 15) is 4.79 Å². The molecule has 2 aromatic rings. The average Bonchev–Trinajstić information content (AvgIpc) is 2.73. The Morgan fingerprint density at radius 2 is 2.31 bits per heavy atom. The summed E-state index contributed by atoms with van der Waals surface area (Å²) in [6.45, 7) is 0.540. The molecule has 1 saturated carbocycles. The van der Waals surface area contributed by atoms with Crippen molar-refractivity contribution in [1.29, 1.82) is 0 Å². The second-order valence-electron chi connectivity index (χ2n) is 4.26. The van der Waals surface area contributed by atoms with Crippen molar-refractivity contribution in [1.82, 2.24) is 5.16 Å². The number of fused-ring (bicyclic) bond motifs is 2. The first-order chi connectivity index (χ1) is 7.77. The lowest BCUT2D eigenvalue weighted by Gasteiger charge is -2.25. The lowest BCUT2D eigenvalue weighted by atomic mass is 10.2. The number of nitrogens with one attached hydrogen (secondary N) is 1. The molecule has 1 spiro atoms. The minimum atomic E-state index is -0.599. The first-order valence-electron chi connectivity index (χ1n) is 5.11. The van der Waals surface area contributed by atoms with E-state index >= 15 is 0 Å². The largest absolute Gasteiger partial charge is 0.475 e. The van der Waals surface area contributed by atoms with Gasteiger partial charge < -0.3 is 14.6 Å². The predicted molar refractivity (Wildman–Crippen MR) is 55.5 cm³/mol. The molecule has 1 aliphatic heterocycles. The van der Waals surface area contributed by atoms with Gasteiger partial charge in [-0.15, -0.1) is 0 Å². The maximum absolute atomic E-state index is 11.3. The summed E-state index contributed by atoms with van der Waals surface area (Å²) in [5, 5.41) is 7.79. The van der Waals surface area contributed by atoms with Gasteiger partial charge in [0.05, 0.1) is 24.8 Å². The number of nitrogens with zero attached hydrogens (tertiary/aromatic N) is 1. The summed E-state index contributed by atoms with van der Waals surface area (Å²) in [5.74, 6) is 0.865. The maximum atomic E-state index is 11.3. The Hall–Kier alpha value is -2.04. The molecule has 0 bridgehead atoms. The SMILES string of the molecule is O=C1CC12CNc1cc3oncc3cc1O2. The van der Waals surface area contributed by atoms with E-state index < -0.39 is 5.60 Å². The molecule has 1 fully saturated rings. The monoisotopic (exact) mass is 216 g/mol. The van der Waals surface area contributed by atoms with E-state index in [1.54, 1.807) is 6.20 Å². The molecule has 0 radical (unpaired) electrons. The molecule has 1 N–H and O–H groups in total. The molecule has 1 aromatic carbocycles. The Kier molecular flexibility index (Phi) is 1.21. The summed E-state index contributed by atoms with van der Waals surface area (Å²) >= 11 is 0. The molecule has 1 aromatic heterocycles. The summed E-state index contributed by atoms with van der Waals surface area (Å²) in [6.07, 6.45) is 2.14. The van der Waals surface area contributed by atoms with E-state index in [0.29, 0.717) is 24.3 Å². The van der Waals surface area contributed by atoms with Gasteiger partial charge in [-0.1, -0.05) is 5.16 Å². The van der Waals surface area contributed by atoms with E-state index in [4.69, 9.17) is 9.26 Å². The van der Waals surface area contributed by atoms with Crippen LogP contribution in [0.2, 0.25) is 0 Å². The summed E-state index contributed by atoms with van der Waals surface area (Å²) in [5.41, 5.74) is 0.972. The van der Waals surface area contributed by atoms with Crippen LogP contribution in [0.15, 0.2) is 22.9 Å². The second-order valence-corrected chi connectivity index (χ2v) is 4.26. The van der Waals surface area contributed by atoms with Crippen molar-refractivity contribution in [2.24, 2.45) is 0 Å². The average molecular weight is 216 g/mol. The molecule has 4 rings (SSSR count). The van der Waals surface area contributed by atoms with Crippen molar-refractivity contribution in [2.75, 3.05) is 11.9 Å². The van der Waals surface area contributed by atoms with Crippen LogP contribution in [-0.4, -0.2) is 23.1 Å². The van der Waals surface area contributed by atoms with Crippen LogP contribution >= 0.6 is 0 Å². The summed E-state index contributed by atoms with van der Waals surface area (Å²) in [4.78, 5) is 11.3. The van der Waals surface area contributed by atoms with Crippen molar-refractivity contribution in [3.05, 3.63) is 18.3 Å². The Morgan fingerprint density at radius 1 is 1.44 bits per heavy atom. The molecule has 16 heavy (non-hydrogen) atoms. The number of carbonyl (C=O) groups is 1. The van der Waals surface area contributed by atoms with Crippen molar-refractivity contribution in [3.8, 4) is 5.75 Å². The number of rotatable bonds is 0. The number of carbonyl (C=O) groups excluding carboxylic acids is 1. The molecule has 2 aliphatic rings. The molecule has 80 valence electrons. The fourth-order valence-corrected chi connectivity index (χ4v) is 2.07. The number of aromatic nitrogens is 1. The molecular formula is C11H8N2O3. The Bertz CT molecular complexity index is 619. The van der Waals surface area contributed by atoms with Gasteiger partial charge in [-0.3, -0.25) is 4.79 Å². The van der Waals surface area contributed by atoms with E-state index in [0.717, 1.165) is 11.1 Å². The normalized spacial score (nSPS) is 26.4. The zero-order valence-electron chi connectivity index (χ0n) is 8.32. The molecule has 0 saturated heterocycles. The minimum Gasteiger partial charge on any atom is -0.475 e. The summed E-state index contributed by atoms with van der Waals surface area (Å²) in [7, 11) is 0. The van der Waals surface area contributed by atoms with Crippen LogP contribution in [0.4, 0.5) is 5.69 Å². The van der Waals surface area contributed by atoms with Gasteiger partial charge >= 0.3 is 0 Å². The van der Waals surface area contributed by atoms with Crippen molar-refractivity contribution in [2.45, 2.75) is 12.0 Å². The van der Waals surface area contributed by atoms with E-state index in [1.807, 2.05) is 12.1 Å². The van der Waals surface area contributed by atoms with Gasteiger partial charge in [0.25, 0.3) is 0 Å². The van der Waals surface area contributed by atoms with Gasteiger partial charge in [0.1, 0.15) is 5.75 Å². The number of benzene rings is 1. The first-order valence-corrected chi connectivity index (χ1v) is 5.11. The van der Waals surface area contributed by atoms with Crippen LogP contribution in [0.1, 0.15) is 6.42 Å². The fraction of sp³-hybridized carbons (Fsp3) is 0.273. The van der Waals surface area contributed by atoms with Gasteiger partial charge in [-0.2, -0.15) is 0 Å². The minimum absolute atomic E-state index is 0.163. The van der Waals surface area contributed by atoms with Crippen molar-refractivity contribution < 1.29 is 14.1 Å². The highest BCUT2D eigenvalue weighted by molar-refractivity contribution is 6.06. The third-order valence-electron chi connectivity index (χ3n) is 3.15. The Labute approximate surface area is 90.4 Å². The zero-order chi connectivity index (χ0) is 10.8. The molecule has 1 aliphatic carbocycles.